The van der Waals surface area contributed by atoms with Gasteiger partial charge in [-0.05, 0) is 45.7 Å². The van der Waals surface area contributed by atoms with Crippen molar-refractivity contribution >= 4 is 12.6 Å². The van der Waals surface area contributed by atoms with Gasteiger partial charge in [-0.2, -0.15) is 17.7 Å². The first-order chi connectivity index (χ1) is 12.9. The molecule has 2 fully saturated rings. The van der Waals surface area contributed by atoms with Gasteiger partial charge in [-0.15, -0.1) is 0 Å². The molecule has 2 heterocycles. The van der Waals surface area contributed by atoms with Gasteiger partial charge in [0.15, 0.2) is 0 Å². The highest BCUT2D eigenvalue weighted by Gasteiger charge is 2.43. The fourth-order valence-electron chi connectivity index (χ4n) is 5.27. The van der Waals surface area contributed by atoms with Gasteiger partial charge in [-0.25, -0.2) is 9.89 Å². The van der Waals surface area contributed by atoms with Crippen LogP contribution in [0.15, 0.2) is 17.1 Å². The van der Waals surface area contributed by atoms with Crippen LogP contribution in [0.3, 0.4) is 0 Å². The van der Waals surface area contributed by atoms with Crippen molar-refractivity contribution in [2.75, 3.05) is 0 Å². The van der Waals surface area contributed by atoms with E-state index in [4.69, 9.17) is 0 Å². The number of rotatable bonds is 3. The molecule has 2 saturated carbocycles. The zero-order valence-corrected chi connectivity index (χ0v) is 16.8. The molecule has 8 heteroatoms. The summed E-state index contributed by atoms with van der Waals surface area (Å²) < 4.78 is 1.79. The van der Waals surface area contributed by atoms with Crippen LogP contribution in [0.25, 0.3) is 0 Å². The monoisotopic (exact) mass is 394 g/mol. The molecule has 1 aromatic heterocycles. The lowest BCUT2D eigenvalue weighted by atomic mass is 9.80. The Labute approximate surface area is 164 Å². The van der Waals surface area contributed by atoms with Crippen molar-refractivity contribution in [3.63, 3.8) is 0 Å². The van der Waals surface area contributed by atoms with E-state index < -0.39 is 12.2 Å². The summed E-state index contributed by atoms with van der Waals surface area (Å²) in [5, 5.41) is 27.2. The summed E-state index contributed by atoms with van der Waals surface area (Å²) in [4.78, 5) is 15.1. The molecular weight excluding hydrogens is 364 g/mol. The topological polar surface area (TPSA) is 94.4 Å². The Morgan fingerprint density at radius 3 is 2.70 bits per heavy atom. The number of aromatic nitrogens is 3. The first kappa shape index (κ1) is 19.1. The standard InChI is InChI=1S/C19H30N4O3S/c1-10(2)22-7-6-11-13(22)4-3-5-14(11)23-18(20-21-19(23)26)12-8-17(27)16(25)9-15(12)24/h6-7,10-17,24-25,27H,3-5,8-9H2,1-2H3,(H,21,26). The molecule has 7 nitrogen and oxygen atoms in total. The van der Waals surface area contributed by atoms with Crippen molar-refractivity contribution in [3.05, 3.63) is 28.6 Å². The molecule has 4 rings (SSSR count). The van der Waals surface area contributed by atoms with E-state index in [1.165, 1.54) is 0 Å². The zero-order valence-electron chi connectivity index (χ0n) is 15.9. The second kappa shape index (κ2) is 7.29. The van der Waals surface area contributed by atoms with E-state index in [0.29, 0.717) is 24.3 Å². The SMILES string of the molecule is CC(C)N1C=CC2C1CCCC2n1c(C2CC(S)C(O)CC2O)n[nH]c1=O. The summed E-state index contributed by atoms with van der Waals surface area (Å²) in [5.41, 5.74) is -0.207. The van der Waals surface area contributed by atoms with Crippen LogP contribution in [-0.4, -0.2) is 59.4 Å². The molecule has 150 valence electrons. The van der Waals surface area contributed by atoms with Crippen molar-refractivity contribution in [2.45, 2.75) is 87.5 Å². The fraction of sp³-hybridized carbons (Fsp3) is 0.789. The molecule has 3 aliphatic rings. The van der Waals surface area contributed by atoms with Gasteiger partial charge in [0.25, 0.3) is 0 Å². The quantitative estimate of drug-likeness (QED) is 0.582. The molecule has 0 aromatic carbocycles. The maximum absolute atomic E-state index is 12.7. The van der Waals surface area contributed by atoms with Gasteiger partial charge in [0.1, 0.15) is 5.82 Å². The Bertz CT molecular complexity index is 760. The average Bonchev–Trinajstić information content (AvgIpc) is 3.21. The van der Waals surface area contributed by atoms with E-state index in [1.54, 1.807) is 4.57 Å². The van der Waals surface area contributed by atoms with Crippen LogP contribution in [0.5, 0.6) is 0 Å². The highest BCUT2D eigenvalue weighted by atomic mass is 32.1. The smallest absolute Gasteiger partial charge is 0.343 e. The highest BCUT2D eigenvalue weighted by molar-refractivity contribution is 7.81. The first-order valence-electron chi connectivity index (χ1n) is 10.0. The number of aliphatic hydroxyl groups excluding tert-OH is 2. The van der Waals surface area contributed by atoms with Crippen LogP contribution in [0.4, 0.5) is 0 Å². The number of nitrogens with one attached hydrogen (secondary N) is 1. The lowest BCUT2D eigenvalue weighted by Gasteiger charge is -2.41. The van der Waals surface area contributed by atoms with E-state index in [0.717, 1.165) is 19.3 Å². The Morgan fingerprint density at radius 1 is 1.22 bits per heavy atom. The van der Waals surface area contributed by atoms with Gasteiger partial charge < -0.3 is 15.1 Å². The Balaban J connectivity index is 1.66. The molecule has 1 aliphatic heterocycles. The second-order valence-electron chi connectivity index (χ2n) is 8.56. The fourth-order valence-corrected chi connectivity index (χ4v) is 5.62. The van der Waals surface area contributed by atoms with Gasteiger partial charge in [0.05, 0.1) is 12.2 Å². The molecule has 27 heavy (non-hydrogen) atoms. The van der Waals surface area contributed by atoms with Gasteiger partial charge in [0.2, 0.25) is 0 Å². The van der Waals surface area contributed by atoms with Crippen LogP contribution in [0.1, 0.15) is 63.7 Å². The number of fused-ring (bicyclic) bond motifs is 1. The maximum atomic E-state index is 12.7. The predicted octanol–water partition coefficient (Wildman–Crippen LogP) is 1.42. The van der Waals surface area contributed by atoms with Crippen LogP contribution in [0, 0.1) is 5.92 Å². The van der Waals surface area contributed by atoms with Crippen molar-refractivity contribution in [1.82, 2.24) is 19.7 Å². The molecule has 7 unspecified atom stereocenters. The van der Waals surface area contributed by atoms with Gasteiger partial charge >= 0.3 is 5.69 Å². The largest absolute Gasteiger partial charge is 0.392 e. The first-order valence-corrected chi connectivity index (χ1v) is 10.6. The number of aliphatic hydroxyl groups is 2. The number of thiol groups is 1. The molecule has 7 atom stereocenters. The van der Waals surface area contributed by atoms with E-state index >= 15 is 0 Å². The van der Waals surface area contributed by atoms with Crippen LogP contribution >= 0.6 is 12.6 Å². The Morgan fingerprint density at radius 2 is 1.96 bits per heavy atom. The second-order valence-corrected chi connectivity index (χ2v) is 9.23. The van der Waals surface area contributed by atoms with E-state index in [-0.39, 0.29) is 35.2 Å². The molecule has 0 radical (unpaired) electrons. The lowest BCUT2D eigenvalue weighted by Crippen LogP contribution is -2.45. The Kier molecular flexibility index (Phi) is 5.16. The Hall–Kier alpha value is -1.25. The molecule has 3 N–H and O–H groups in total. The third-order valence-electron chi connectivity index (χ3n) is 6.63. The summed E-state index contributed by atoms with van der Waals surface area (Å²) in [6.45, 7) is 4.39. The van der Waals surface area contributed by atoms with Crippen LogP contribution in [-0.2, 0) is 0 Å². The molecular formula is C19H30N4O3S. The number of aromatic amines is 1. The molecule has 1 aromatic rings. The molecule has 0 bridgehead atoms. The van der Waals surface area contributed by atoms with Crippen LogP contribution < -0.4 is 5.69 Å². The molecule has 2 aliphatic carbocycles. The maximum Gasteiger partial charge on any atom is 0.343 e. The van der Waals surface area contributed by atoms with Crippen molar-refractivity contribution in [1.29, 1.82) is 0 Å². The van der Waals surface area contributed by atoms with E-state index in [1.807, 2.05) is 0 Å². The zero-order chi connectivity index (χ0) is 19.3. The summed E-state index contributed by atoms with van der Waals surface area (Å²) in [7, 11) is 0. The van der Waals surface area contributed by atoms with Crippen molar-refractivity contribution in [3.8, 4) is 0 Å². The number of hydrogen-bond acceptors (Lipinski definition) is 6. The highest BCUT2D eigenvalue weighted by Crippen LogP contribution is 2.43. The average molecular weight is 395 g/mol. The minimum atomic E-state index is -0.719. The molecule has 0 spiro atoms. The summed E-state index contributed by atoms with van der Waals surface area (Å²) >= 11 is 4.46. The third kappa shape index (κ3) is 3.25. The molecule has 0 saturated heterocycles. The van der Waals surface area contributed by atoms with Crippen molar-refractivity contribution in [2.24, 2.45) is 5.92 Å². The summed E-state index contributed by atoms with van der Waals surface area (Å²) in [6, 6.07) is 0.888. The lowest BCUT2D eigenvalue weighted by molar-refractivity contribution is 0.0256. The normalized spacial score (nSPS) is 39.2. The number of nitrogens with zero attached hydrogens (tertiary/aromatic N) is 3. The summed E-state index contributed by atoms with van der Waals surface area (Å²) in [6.07, 6.45) is 6.96. The third-order valence-corrected chi connectivity index (χ3v) is 7.19. The minimum absolute atomic E-state index is 0.0439. The van der Waals surface area contributed by atoms with Gasteiger partial charge in [-0.1, -0.05) is 6.08 Å². The predicted molar refractivity (Wildman–Crippen MR) is 106 cm³/mol. The minimum Gasteiger partial charge on any atom is -0.392 e. The van der Waals surface area contributed by atoms with E-state index in [9.17, 15) is 15.0 Å². The molecule has 0 amide bonds. The van der Waals surface area contributed by atoms with Crippen molar-refractivity contribution < 1.29 is 10.2 Å². The van der Waals surface area contributed by atoms with Gasteiger partial charge in [-0.3, -0.25) is 4.57 Å². The van der Waals surface area contributed by atoms with Crippen LogP contribution in [0.2, 0.25) is 0 Å². The summed E-state index contributed by atoms with van der Waals surface area (Å²) in [5.74, 6) is 0.593. The number of H-pyrrole nitrogens is 1. The number of hydrogen-bond donors (Lipinski definition) is 4. The van der Waals surface area contributed by atoms with E-state index in [2.05, 4.69) is 53.8 Å². The van der Waals surface area contributed by atoms with Gasteiger partial charge in [0, 0.05) is 41.6 Å².